The molecule has 0 unspecified atom stereocenters. The molecule has 0 atom stereocenters. The minimum atomic E-state index is -0.0566. The Morgan fingerprint density at radius 3 is 2.52 bits per heavy atom. The van der Waals surface area contributed by atoms with Gasteiger partial charge in [-0.1, -0.05) is 30.3 Å². The summed E-state index contributed by atoms with van der Waals surface area (Å²) in [5.41, 5.74) is 2.81. The van der Waals surface area contributed by atoms with Crippen LogP contribution in [0.15, 0.2) is 60.0 Å². The van der Waals surface area contributed by atoms with Crippen LogP contribution in [0.1, 0.15) is 32.6 Å². The SMILES string of the molecule is CC(=O)c1cc(C(=O)c2cccs2)n2c1ccc1ccccc12. The standard InChI is InChI=1S/C19H13NO2S/c1-12(21)14-11-17(19(22)18-7-4-10-23-18)20-15-6-3-2-5-13(15)8-9-16(14)20/h2-11H,1H3. The van der Waals surface area contributed by atoms with Crippen molar-refractivity contribution in [3.63, 3.8) is 0 Å². The van der Waals surface area contributed by atoms with Gasteiger partial charge < -0.3 is 4.40 Å². The average molecular weight is 319 g/mol. The fourth-order valence-electron chi connectivity index (χ4n) is 2.93. The van der Waals surface area contributed by atoms with E-state index >= 15 is 0 Å². The summed E-state index contributed by atoms with van der Waals surface area (Å²) in [6, 6.07) is 17.1. The lowest BCUT2D eigenvalue weighted by Gasteiger charge is -2.06. The Labute approximate surface area is 136 Å². The number of hydrogen-bond donors (Lipinski definition) is 0. The quantitative estimate of drug-likeness (QED) is 0.518. The number of pyridine rings is 1. The third kappa shape index (κ3) is 2.11. The lowest BCUT2D eigenvalue weighted by atomic mass is 10.1. The van der Waals surface area contributed by atoms with Gasteiger partial charge in [0.1, 0.15) is 0 Å². The lowest BCUT2D eigenvalue weighted by Crippen LogP contribution is -2.03. The predicted octanol–water partition coefficient (Wildman–Crippen LogP) is 4.59. The van der Waals surface area contributed by atoms with E-state index in [9.17, 15) is 9.59 Å². The summed E-state index contributed by atoms with van der Waals surface area (Å²) in [5.74, 6) is -0.0955. The maximum atomic E-state index is 12.9. The van der Waals surface area contributed by atoms with Crippen LogP contribution >= 0.6 is 11.3 Å². The number of ketones is 2. The van der Waals surface area contributed by atoms with Crippen LogP contribution in [0.4, 0.5) is 0 Å². The van der Waals surface area contributed by atoms with Crippen LogP contribution in [0.3, 0.4) is 0 Å². The fourth-order valence-corrected chi connectivity index (χ4v) is 3.61. The van der Waals surface area contributed by atoms with Crippen molar-refractivity contribution >= 4 is 39.3 Å². The molecule has 0 saturated heterocycles. The Morgan fingerprint density at radius 1 is 0.957 bits per heavy atom. The number of carbonyl (C=O) groups is 2. The summed E-state index contributed by atoms with van der Waals surface area (Å²) in [7, 11) is 0. The number of fused-ring (bicyclic) bond motifs is 3. The second kappa shape index (κ2) is 5.18. The topological polar surface area (TPSA) is 38.5 Å². The third-order valence-corrected chi connectivity index (χ3v) is 4.86. The number of rotatable bonds is 3. The van der Waals surface area contributed by atoms with E-state index in [0.29, 0.717) is 16.1 Å². The Bertz CT molecular complexity index is 1060. The number of para-hydroxylation sites is 1. The van der Waals surface area contributed by atoms with E-state index in [4.69, 9.17) is 0 Å². The molecule has 4 aromatic rings. The fraction of sp³-hybridized carbons (Fsp3) is 0.0526. The van der Waals surface area contributed by atoms with Crippen molar-refractivity contribution in [3.8, 4) is 0 Å². The summed E-state index contributed by atoms with van der Waals surface area (Å²) in [4.78, 5) is 25.5. The molecule has 0 amide bonds. The average Bonchev–Trinajstić information content (AvgIpc) is 3.22. The summed E-state index contributed by atoms with van der Waals surface area (Å²) < 4.78 is 1.90. The van der Waals surface area contributed by atoms with Crippen LogP contribution < -0.4 is 0 Å². The van der Waals surface area contributed by atoms with Crippen LogP contribution in [0.25, 0.3) is 16.4 Å². The van der Waals surface area contributed by atoms with Gasteiger partial charge in [0, 0.05) is 5.56 Å². The van der Waals surface area contributed by atoms with Gasteiger partial charge in [0.05, 0.1) is 21.6 Å². The molecule has 23 heavy (non-hydrogen) atoms. The molecule has 0 fully saturated rings. The molecule has 4 rings (SSSR count). The summed E-state index contributed by atoms with van der Waals surface area (Å²) in [6.07, 6.45) is 0. The second-order valence-corrected chi connectivity index (χ2v) is 6.37. The number of hydrogen-bond acceptors (Lipinski definition) is 3. The number of Topliss-reactive ketones (excluding diaryl/α,β-unsaturated/α-hetero) is 1. The Kier molecular flexibility index (Phi) is 3.13. The van der Waals surface area contributed by atoms with Gasteiger partial charge in [-0.25, -0.2) is 0 Å². The van der Waals surface area contributed by atoms with Gasteiger partial charge in [-0.3, -0.25) is 9.59 Å². The molecular weight excluding hydrogens is 306 g/mol. The van der Waals surface area contributed by atoms with Crippen molar-refractivity contribution in [2.75, 3.05) is 0 Å². The van der Waals surface area contributed by atoms with Crippen LogP contribution in [0.5, 0.6) is 0 Å². The molecule has 3 nitrogen and oxygen atoms in total. The number of carbonyl (C=O) groups excluding carboxylic acids is 2. The van der Waals surface area contributed by atoms with Gasteiger partial charge in [-0.15, -0.1) is 11.3 Å². The lowest BCUT2D eigenvalue weighted by molar-refractivity contribution is 0.101. The predicted molar refractivity (Wildman–Crippen MR) is 92.7 cm³/mol. The van der Waals surface area contributed by atoms with Gasteiger partial charge in [-0.2, -0.15) is 0 Å². The van der Waals surface area contributed by atoms with Gasteiger partial charge in [-0.05, 0) is 42.0 Å². The van der Waals surface area contributed by atoms with Gasteiger partial charge >= 0.3 is 0 Å². The molecular formula is C19H13NO2S. The highest BCUT2D eigenvalue weighted by Crippen LogP contribution is 2.27. The maximum absolute atomic E-state index is 12.9. The highest BCUT2D eigenvalue weighted by molar-refractivity contribution is 7.12. The normalized spacial score (nSPS) is 11.2. The van der Waals surface area contributed by atoms with Crippen LogP contribution in [-0.2, 0) is 0 Å². The molecule has 0 bridgehead atoms. The van der Waals surface area contributed by atoms with E-state index in [-0.39, 0.29) is 11.6 Å². The number of nitrogens with zero attached hydrogens (tertiary/aromatic N) is 1. The van der Waals surface area contributed by atoms with E-state index in [1.165, 1.54) is 18.3 Å². The van der Waals surface area contributed by atoms with Crippen LogP contribution in [0.2, 0.25) is 0 Å². The molecule has 1 aromatic carbocycles. The molecule has 0 aliphatic rings. The van der Waals surface area contributed by atoms with E-state index in [2.05, 4.69) is 0 Å². The molecule has 112 valence electrons. The second-order valence-electron chi connectivity index (χ2n) is 5.42. The Hall–Kier alpha value is -2.72. The van der Waals surface area contributed by atoms with Crippen molar-refractivity contribution in [1.82, 2.24) is 4.40 Å². The van der Waals surface area contributed by atoms with Crippen molar-refractivity contribution in [2.24, 2.45) is 0 Å². The van der Waals surface area contributed by atoms with E-state index < -0.39 is 0 Å². The molecule has 0 aliphatic heterocycles. The minimum Gasteiger partial charge on any atom is -0.305 e. The third-order valence-electron chi connectivity index (χ3n) is 3.99. The minimum absolute atomic E-state index is 0.0389. The first-order valence-electron chi connectivity index (χ1n) is 7.29. The summed E-state index contributed by atoms with van der Waals surface area (Å²) in [5, 5.41) is 2.92. The smallest absolute Gasteiger partial charge is 0.219 e. The maximum Gasteiger partial charge on any atom is 0.219 e. The van der Waals surface area contributed by atoms with Gasteiger partial charge in [0.2, 0.25) is 5.78 Å². The van der Waals surface area contributed by atoms with Crippen LogP contribution in [0, 0.1) is 0 Å². The molecule has 3 heterocycles. The largest absolute Gasteiger partial charge is 0.305 e. The Morgan fingerprint density at radius 2 is 1.78 bits per heavy atom. The number of benzene rings is 1. The van der Waals surface area contributed by atoms with Crippen molar-refractivity contribution in [2.45, 2.75) is 6.92 Å². The molecule has 0 aliphatic carbocycles. The summed E-state index contributed by atoms with van der Waals surface area (Å²) >= 11 is 1.41. The first-order valence-corrected chi connectivity index (χ1v) is 8.17. The first-order chi connectivity index (χ1) is 11.2. The Balaban J connectivity index is 2.12. The van der Waals surface area contributed by atoms with Crippen LogP contribution in [-0.4, -0.2) is 16.0 Å². The molecule has 3 aromatic heterocycles. The van der Waals surface area contributed by atoms with E-state index in [1.54, 1.807) is 6.07 Å². The zero-order chi connectivity index (χ0) is 16.0. The zero-order valence-corrected chi connectivity index (χ0v) is 13.3. The molecule has 0 radical (unpaired) electrons. The number of thiophene rings is 1. The van der Waals surface area contributed by atoms with Gasteiger partial charge in [0.25, 0.3) is 0 Å². The molecule has 0 N–H and O–H groups in total. The first kappa shape index (κ1) is 13.9. The van der Waals surface area contributed by atoms with E-state index in [0.717, 1.165) is 16.4 Å². The number of aromatic nitrogens is 1. The molecule has 0 saturated carbocycles. The van der Waals surface area contributed by atoms with Gasteiger partial charge in [0.15, 0.2) is 5.78 Å². The van der Waals surface area contributed by atoms with Crippen molar-refractivity contribution in [1.29, 1.82) is 0 Å². The van der Waals surface area contributed by atoms with Crippen molar-refractivity contribution < 1.29 is 9.59 Å². The zero-order valence-electron chi connectivity index (χ0n) is 12.4. The van der Waals surface area contributed by atoms with E-state index in [1.807, 2.05) is 58.3 Å². The summed E-state index contributed by atoms with van der Waals surface area (Å²) in [6.45, 7) is 1.53. The van der Waals surface area contributed by atoms with Crippen molar-refractivity contribution in [3.05, 3.63) is 76.1 Å². The molecule has 0 spiro atoms. The monoisotopic (exact) mass is 319 g/mol. The highest BCUT2D eigenvalue weighted by atomic mass is 32.1. The highest BCUT2D eigenvalue weighted by Gasteiger charge is 2.20. The molecule has 4 heteroatoms.